The molecule has 1 saturated carbocycles. The first-order valence-corrected chi connectivity index (χ1v) is 10.1. The van der Waals surface area contributed by atoms with E-state index in [4.69, 9.17) is 0 Å². The van der Waals surface area contributed by atoms with Gasteiger partial charge >= 0.3 is 0 Å². The molecule has 1 unspecified atom stereocenters. The maximum Gasteiger partial charge on any atom is 0.227 e. The van der Waals surface area contributed by atoms with Crippen LogP contribution in [0.3, 0.4) is 0 Å². The molecule has 1 amide bonds. The van der Waals surface area contributed by atoms with Gasteiger partial charge in [-0.25, -0.2) is 4.39 Å². The molecule has 1 aromatic heterocycles. The number of amides is 1. The van der Waals surface area contributed by atoms with E-state index in [0.717, 1.165) is 30.0 Å². The maximum absolute atomic E-state index is 13.2. The zero-order chi connectivity index (χ0) is 17.9. The molecule has 138 valence electrons. The number of anilines is 1. The third-order valence-electron chi connectivity index (χ3n) is 5.11. The van der Waals surface area contributed by atoms with Gasteiger partial charge in [-0.3, -0.25) is 9.69 Å². The van der Waals surface area contributed by atoms with Crippen LogP contribution >= 0.6 is 11.3 Å². The molecule has 1 saturated heterocycles. The zero-order valence-electron chi connectivity index (χ0n) is 14.7. The monoisotopic (exact) mass is 374 g/mol. The van der Waals surface area contributed by atoms with Crippen molar-refractivity contribution in [1.29, 1.82) is 0 Å². The second-order valence-electron chi connectivity index (χ2n) is 7.12. The summed E-state index contributed by atoms with van der Waals surface area (Å²) >= 11 is 1.49. The van der Waals surface area contributed by atoms with E-state index in [1.54, 1.807) is 0 Å². The Hall–Kier alpha value is -1.86. The Morgan fingerprint density at radius 2 is 2.00 bits per heavy atom. The number of carbonyl (C=O) groups excluding carboxylic acids is 1. The number of nitrogens with zero attached hydrogens (tertiary/aromatic N) is 3. The summed E-state index contributed by atoms with van der Waals surface area (Å²) in [6.45, 7) is 1.67. The van der Waals surface area contributed by atoms with E-state index in [1.165, 1.54) is 42.7 Å². The lowest BCUT2D eigenvalue weighted by molar-refractivity contribution is -0.116. The van der Waals surface area contributed by atoms with Crippen LogP contribution in [0.2, 0.25) is 0 Å². The summed E-state index contributed by atoms with van der Waals surface area (Å²) in [5, 5.41) is 12.7. The third-order valence-corrected chi connectivity index (χ3v) is 6.11. The Balaban J connectivity index is 1.32. The minimum atomic E-state index is -0.210. The summed E-state index contributed by atoms with van der Waals surface area (Å²) in [6.07, 6.45) is 6.15. The zero-order valence-corrected chi connectivity index (χ0v) is 15.5. The highest BCUT2D eigenvalue weighted by Gasteiger charge is 2.28. The van der Waals surface area contributed by atoms with Crippen LogP contribution in [-0.2, 0) is 4.79 Å². The summed E-state index contributed by atoms with van der Waals surface area (Å²) in [5.41, 5.74) is 1.13. The number of hydrogen-bond acceptors (Lipinski definition) is 5. The first kappa shape index (κ1) is 17.5. The molecule has 0 bridgehead atoms. The molecule has 1 aliphatic heterocycles. The largest absolute Gasteiger partial charge is 0.300 e. The van der Waals surface area contributed by atoms with Crippen molar-refractivity contribution in [2.75, 3.05) is 18.4 Å². The second-order valence-corrected chi connectivity index (χ2v) is 8.13. The number of rotatable bonds is 6. The van der Waals surface area contributed by atoms with Gasteiger partial charge in [0.25, 0.3) is 0 Å². The Morgan fingerprint density at radius 1 is 1.19 bits per heavy atom. The minimum absolute atomic E-state index is 0.0214. The lowest BCUT2D eigenvalue weighted by Gasteiger charge is -2.36. The molecule has 1 aromatic carbocycles. The van der Waals surface area contributed by atoms with E-state index in [0.29, 0.717) is 24.0 Å². The summed E-state index contributed by atoms with van der Waals surface area (Å²) in [7, 11) is 0. The van der Waals surface area contributed by atoms with Crippen LogP contribution in [0, 0.1) is 5.82 Å². The SMILES string of the molecule is O=C(CCN1CCCCC1c1ccc(F)cc1)Nc1nnc(C2CC2)s1. The van der Waals surface area contributed by atoms with Gasteiger partial charge in [-0.2, -0.15) is 0 Å². The number of halogens is 1. The van der Waals surface area contributed by atoms with Crippen molar-refractivity contribution >= 4 is 22.4 Å². The Labute approximate surface area is 156 Å². The maximum atomic E-state index is 13.2. The molecule has 5 nitrogen and oxygen atoms in total. The highest BCUT2D eigenvalue weighted by atomic mass is 32.1. The van der Waals surface area contributed by atoms with E-state index >= 15 is 0 Å². The van der Waals surface area contributed by atoms with Crippen molar-refractivity contribution in [2.45, 2.75) is 50.5 Å². The van der Waals surface area contributed by atoms with Gasteiger partial charge in [0.05, 0.1) is 0 Å². The van der Waals surface area contributed by atoms with Crippen LogP contribution in [-0.4, -0.2) is 34.1 Å². The molecule has 1 atom stereocenters. The number of nitrogens with one attached hydrogen (secondary N) is 1. The number of benzene rings is 1. The first-order chi connectivity index (χ1) is 12.7. The second kappa shape index (κ2) is 7.80. The van der Waals surface area contributed by atoms with Crippen LogP contribution in [0.15, 0.2) is 24.3 Å². The predicted octanol–water partition coefficient (Wildman–Crippen LogP) is 4.11. The van der Waals surface area contributed by atoms with Crippen molar-refractivity contribution < 1.29 is 9.18 Å². The van der Waals surface area contributed by atoms with Crippen molar-refractivity contribution in [3.63, 3.8) is 0 Å². The predicted molar refractivity (Wildman–Crippen MR) is 99.7 cm³/mol. The summed E-state index contributed by atoms with van der Waals surface area (Å²) < 4.78 is 13.2. The van der Waals surface area contributed by atoms with E-state index in [-0.39, 0.29) is 17.8 Å². The van der Waals surface area contributed by atoms with Crippen molar-refractivity contribution in [3.8, 4) is 0 Å². The molecular weight excluding hydrogens is 351 g/mol. The fraction of sp³-hybridized carbons (Fsp3) is 0.526. The van der Waals surface area contributed by atoms with Gasteiger partial charge in [0, 0.05) is 24.9 Å². The Morgan fingerprint density at radius 3 is 2.77 bits per heavy atom. The molecule has 1 N–H and O–H groups in total. The normalized spacial score (nSPS) is 20.9. The molecule has 0 spiro atoms. The van der Waals surface area contributed by atoms with Gasteiger partial charge in [0.15, 0.2) is 0 Å². The van der Waals surface area contributed by atoms with Gasteiger partial charge in [0.1, 0.15) is 10.8 Å². The van der Waals surface area contributed by atoms with Gasteiger partial charge in [-0.1, -0.05) is 29.9 Å². The molecule has 7 heteroatoms. The molecule has 4 rings (SSSR count). The number of carbonyl (C=O) groups is 1. The molecule has 0 radical (unpaired) electrons. The molecule has 2 fully saturated rings. The molecule has 2 aliphatic rings. The van der Waals surface area contributed by atoms with Gasteiger partial charge in [-0.05, 0) is 49.9 Å². The van der Waals surface area contributed by atoms with Crippen LogP contribution in [0.1, 0.15) is 61.1 Å². The van der Waals surface area contributed by atoms with Gasteiger partial charge < -0.3 is 5.32 Å². The van der Waals surface area contributed by atoms with E-state index in [2.05, 4.69) is 20.4 Å². The van der Waals surface area contributed by atoms with Crippen LogP contribution < -0.4 is 5.32 Å². The molecular formula is C19H23FN4OS. The van der Waals surface area contributed by atoms with Crippen molar-refractivity contribution in [2.24, 2.45) is 0 Å². The Bertz CT molecular complexity index is 759. The lowest BCUT2D eigenvalue weighted by atomic mass is 9.95. The molecule has 26 heavy (non-hydrogen) atoms. The molecule has 2 aromatic rings. The third kappa shape index (κ3) is 4.27. The van der Waals surface area contributed by atoms with Crippen LogP contribution in [0.4, 0.5) is 9.52 Å². The van der Waals surface area contributed by atoms with Crippen LogP contribution in [0.25, 0.3) is 0 Å². The van der Waals surface area contributed by atoms with Crippen molar-refractivity contribution in [1.82, 2.24) is 15.1 Å². The standard InChI is InChI=1S/C19H23FN4OS/c20-15-8-6-13(7-9-15)16-3-1-2-11-24(16)12-10-17(25)21-19-23-22-18(26-19)14-4-5-14/h6-9,14,16H,1-5,10-12H2,(H,21,23,25). The molecule has 1 aliphatic carbocycles. The quantitative estimate of drug-likeness (QED) is 0.827. The smallest absolute Gasteiger partial charge is 0.227 e. The number of likely N-dealkylation sites (tertiary alicyclic amines) is 1. The molecule has 2 heterocycles. The van der Waals surface area contributed by atoms with E-state index in [9.17, 15) is 9.18 Å². The summed E-state index contributed by atoms with van der Waals surface area (Å²) in [4.78, 5) is 14.6. The summed E-state index contributed by atoms with van der Waals surface area (Å²) in [5.74, 6) is 0.327. The highest BCUT2D eigenvalue weighted by molar-refractivity contribution is 7.15. The van der Waals surface area contributed by atoms with Crippen LogP contribution in [0.5, 0.6) is 0 Å². The Kier molecular flexibility index (Phi) is 5.26. The van der Waals surface area contributed by atoms with Crippen molar-refractivity contribution in [3.05, 3.63) is 40.7 Å². The first-order valence-electron chi connectivity index (χ1n) is 9.32. The number of piperidine rings is 1. The van der Waals surface area contributed by atoms with E-state index in [1.807, 2.05) is 12.1 Å². The highest BCUT2D eigenvalue weighted by Crippen LogP contribution is 2.42. The fourth-order valence-electron chi connectivity index (χ4n) is 3.53. The number of hydrogen-bond donors (Lipinski definition) is 1. The lowest BCUT2D eigenvalue weighted by Crippen LogP contribution is -2.35. The minimum Gasteiger partial charge on any atom is -0.300 e. The fourth-order valence-corrected chi connectivity index (χ4v) is 4.46. The summed E-state index contributed by atoms with van der Waals surface area (Å²) in [6, 6.07) is 7.02. The van der Waals surface area contributed by atoms with Gasteiger partial charge in [-0.15, -0.1) is 10.2 Å². The van der Waals surface area contributed by atoms with E-state index < -0.39 is 0 Å². The average Bonchev–Trinajstić information content (AvgIpc) is 3.41. The topological polar surface area (TPSA) is 58.1 Å². The average molecular weight is 374 g/mol. The number of aromatic nitrogens is 2. The van der Waals surface area contributed by atoms with Gasteiger partial charge in [0.2, 0.25) is 11.0 Å².